The van der Waals surface area contributed by atoms with Gasteiger partial charge in [0.2, 0.25) is 0 Å². The highest BCUT2D eigenvalue weighted by atomic mass is 79.9. The zero-order chi connectivity index (χ0) is 12.3. The van der Waals surface area contributed by atoms with Gasteiger partial charge in [-0.15, -0.1) is 0 Å². The van der Waals surface area contributed by atoms with Crippen molar-refractivity contribution in [1.29, 1.82) is 0 Å². The summed E-state index contributed by atoms with van der Waals surface area (Å²) < 4.78 is 6.40. The lowest BCUT2D eigenvalue weighted by Crippen LogP contribution is -2.29. The van der Waals surface area contributed by atoms with E-state index >= 15 is 0 Å². The van der Waals surface area contributed by atoms with Gasteiger partial charge in [0.05, 0.1) is 0 Å². The summed E-state index contributed by atoms with van der Waals surface area (Å²) in [5.41, 5.74) is 0.869. The Morgan fingerprint density at radius 3 is 2.94 bits per heavy atom. The molecule has 1 heterocycles. The minimum Gasteiger partial charge on any atom is -0.370 e. The predicted molar refractivity (Wildman–Crippen MR) is 71.5 cm³/mol. The maximum absolute atomic E-state index is 12.0. The fourth-order valence-electron chi connectivity index (χ4n) is 1.96. The number of carbonyl (C=O) groups excluding carboxylic acids is 1. The maximum Gasteiger partial charge on any atom is 0.165 e. The molecule has 0 bridgehead atoms. The monoisotopic (exact) mass is 316 g/mol. The highest BCUT2D eigenvalue weighted by Crippen LogP contribution is 2.23. The van der Waals surface area contributed by atoms with E-state index in [1.54, 1.807) is 0 Å². The summed E-state index contributed by atoms with van der Waals surface area (Å²) >= 11 is 9.43. The molecule has 1 fully saturated rings. The van der Waals surface area contributed by atoms with Crippen molar-refractivity contribution >= 4 is 33.3 Å². The molecule has 0 saturated carbocycles. The Labute approximate surface area is 114 Å². The van der Waals surface area contributed by atoms with Gasteiger partial charge in [0.1, 0.15) is 6.10 Å². The minimum atomic E-state index is -0.233. The zero-order valence-corrected chi connectivity index (χ0v) is 11.8. The SMILES string of the molecule is O=C(Cc1ccc(Br)cc1Cl)C1CCCCO1. The average molecular weight is 318 g/mol. The lowest BCUT2D eigenvalue weighted by molar-refractivity contribution is -0.132. The molecule has 1 saturated heterocycles. The maximum atomic E-state index is 12.0. The molecule has 4 heteroatoms. The molecule has 1 aromatic rings. The third kappa shape index (κ3) is 3.54. The number of benzene rings is 1. The van der Waals surface area contributed by atoms with E-state index in [-0.39, 0.29) is 11.9 Å². The first kappa shape index (κ1) is 13.1. The highest BCUT2D eigenvalue weighted by Gasteiger charge is 2.22. The number of rotatable bonds is 3. The van der Waals surface area contributed by atoms with Gasteiger partial charge in [-0.2, -0.15) is 0 Å². The normalized spacial score (nSPS) is 20.2. The molecule has 1 aliphatic rings. The lowest BCUT2D eigenvalue weighted by atomic mass is 10.00. The Kier molecular flexibility index (Phi) is 4.60. The van der Waals surface area contributed by atoms with Crippen LogP contribution in [0.15, 0.2) is 22.7 Å². The Morgan fingerprint density at radius 2 is 2.29 bits per heavy atom. The van der Waals surface area contributed by atoms with Gasteiger partial charge in [-0.25, -0.2) is 0 Å². The second-order valence-corrected chi connectivity index (χ2v) is 5.56. The molecule has 0 aliphatic carbocycles. The first-order chi connectivity index (χ1) is 8.16. The Bertz CT molecular complexity index is 414. The van der Waals surface area contributed by atoms with Crippen LogP contribution in [0.25, 0.3) is 0 Å². The van der Waals surface area contributed by atoms with Gasteiger partial charge >= 0.3 is 0 Å². The molecule has 0 amide bonds. The first-order valence-electron chi connectivity index (χ1n) is 5.75. The predicted octanol–water partition coefficient (Wildman–Crippen LogP) is 3.78. The fraction of sp³-hybridized carbons (Fsp3) is 0.462. The van der Waals surface area contributed by atoms with Crippen LogP contribution in [-0.2, 0) is 16.0 Å². The number of hydrogen-bond acceptors (Lipinski definition) is 2. The molecule has 0 spiro atoms. The number of carbonyl (C=O) groups is 1. The smallest absolute Gasteiger partial charge is 0.165 e. The number of ether oxygens (including phenoxy) is 1. The van der Waals surface area contributed by atoms with Crippen LogP contribution in [0.5, 0.6) is 0 Å². The van der Waals surface area contributed by atoms with Crippen LogP contribution < -0.4 is 0 Å². The topological polar surface area (TPSA) is 26.3 Å². The first-order valence-corrected chi connectivity index (χ1v) is 6.92. The molecular formula is C13H14BrClO2. The minimum absolute atomic E-state index is 0.133. The zero-order valence-electron chi connectivity index (χ0n) is 9.42. The molecule has 17 heavy (non-hydrogen) atoms. The van der Waals surface area contributed by atoms with Gasteiger partial charge in [-0.1, -0.05) is 33.6 Å². The summed E-state index contributed by atoms with van der Waals surface area (Å²) in [7, 11) is 0. The van der Waals surface area contributed by atoms with Gasteiger partial charge < -0.3 is 4.74 Å². The van der Waals surface area contributed by atoms with Crippen LogP contribution >= 0.6 is 27.5 Å². The van der Waals surface area contributed by atoms with Gasteiger partial charge in [0.25, 0.3) is 0 Å². The van der Waals surface area contributed by atoms with E-state index in [1.165, 1.54) is 0 Å². The number of halogens is 2. The molecule has 0 N–H and O–H groups in total. The van der Waals surface area contributed by atoms with Crippen molar-refractivity contribution < 1.29 is 9.53 Å². The van der Waals surface area contributed by atoms with Gasteiger partial charge in [0, 0.05) is 22.5 Å². The molecule has 1 unspecified atom stereocenters. The number of ketones is 1. The van der Waals surface area contributed by atoms with Crippen LogP contribution in [0, 0.1) is 0 Å². The standard InChI is InChI=1S/C13H14BrClO2/c14-10-5-4-9(11(15)8-10)7-12(16)13-3-1-2-6-17-13/h4-5,8,13H,1-3,6-7H2. The molecule has 0 aromatic heterocycles. The van der Waals surface area contributed by atoms with Gasteiger partial charge in [0.15, 0.2) is 5.78 Å². The Morgan fingerprint density at radius 1 is 1.47 bits per heavy atom. The van der Waals surface area contributed by atoms with Crippen molar-refractivity contribution in [3.63, 3.8) is 0 Å². The van der Waals surface area contributed by atoms with E-state index in [2.05, 4.69) is 15.9 Å². The van der Waals surface area contributed by atoms with E-state index in [9.17, 15) is 4.79 Å². The van der Waals surface area contributed by atoms with Crippen molar-refractivity contribution in [2.75, 3.05) is 6.61 Å². The van der Waals surface area contributed by atoms with Crippen molar-refractivity contribution in [2.45, 2.75) is 31.8 Å². The number of hydrogen-bond donors (Lipinski definition) is 0. The van der Waals surface area contributed by atoms with Crippen molar-refractivity contribution in [3.8, 4) is 0 Å². The molecule has 1 atom stereocenters. The molecule has 1 aliphatic heterocycles. The third-order valence-corrected chi connectivity index (χ3v) is 3.76. The molecule has 1 aromatic carbocycles. The molecular weight excluding hydrogens is 303 g/mol. The van der Waals surface area contributed by atoms with Gasteiger partial charge in [-0.3, -0.25) is 4.79 Å². The second-order valence-electron chi connectivity index (χ2n) is 4.23. The average Bonchev–Trinajstić information content (AvgIpc) is 2.34. The molecule has 2 rings (SSSR count). The summed E-state index contributed by atoms with van der Waals surface area (Å²) in [6.07, 6.45) is 3.10. The lowest BCUT2D eigenvalue weighted by Gasteiger charge is -2.21. The van der Waals surface area contributed by atoms with E-state index in [4.69, 9.17) is 16.3 Å². The molecule has 92 valence electrons. The number of Topliss-reactive ketones (excluding diaryl/α,β-unsaturated/α-hetero) is 1. The van der Waals surface area contributed by atoms with E-state index < -0.39 is 0 Å². The van der Waals surface area contributed by atoms with Crippen molar-refractivity contribution in [2.24, 2.45) is 0 Å². The van der Waals surface area contributed by atoms with Crippen LogP contribution in [0.4, 0.5) is 0 Å². The quantitative estimate of drug-likeness (QED) is 0.848. The van der Waals surface area contributed by atoms with E-state index in [1.807, 2.05) is 18.2 Å². The summed E-state index contributed by atoms with van der Waals surface area (Å²) in [4.78, 5) is 12.0. The Hall–Kier alpha value is -0.380. The summed E-state index contributed by atoms with van der Waals surface area (Å²) in [5.74, 6) is 0.133. The van der Waals surface area contributed by atoms with Crippen molar-refractivity contribution in [3.05, 3.63) is 33.3 Å². The highest BCUT2D eigenvalue weighted by molar-refractivity contribution is 9.10. The van der Waals surface area contributed by atoms with Crippen molar-refractivity contribution in [1.82, 2.24) is 0 Å². The summed E-state index contributed by atoms with van der Waals surface area (Å²) in [6, 6.07) is 5.59. The van der Waals surface area contributed by atoms with Crippen LogP contribution in [0.3, 0.4) is 0 Å². The largest absolute Gasteiger partial charge is 0.370 e. The summed E-state index contributed by atoms with van der Waals surface area (Å²) in [5, 5.41) is 0.628. The second kappa shape index (κ2) is 5.98. The van der Waals surface area contributed by atoms with E-state index in [0.717, 1.165) is 29.3 Å². The fourth-order valence-corrected chi connectivity index (χ4v) is 2.70. The molecule has 0 radical (unpaired) electrons. The summed E-state index contributed by atoms with van der Waals surface area (Å²) in [6.45, 7) is 0.699. The Balaban J connectivity index is 2.02. The third-order valence-electron chi connectivity index (χ3n) is 2.92. The van der Waals surface area contributed by atoms with E-state index in [0.29, 0.717) is 18.1 Å². The van der Waals surface area contributed by atoms with Crippen LogP contribution in [-0.4, -0.2) is 18.5 Å². The van der Waals surface area contributed by atoms with Gasteiger partial charge in [-0.05, 0) is 37.0 Å². The van der Waals surface area contributed by atoms with Crippen LogP contribution in [0.1, 0.15) is 24.8 Å². The molecule has 2 nitrogen and oxygen atoms in total. The van der Waals surface area contributed by atoms with Crippen LogP contribution in [0.2, 0.25) is 5.02 Å².